The van der Waals surface area contributed by atoms with Gasteiger partial charge in [0.25, 0.3) is 0 Å². The number of rotatable bonds is 11. The molecular weight excluding hydrogens is 985 g/mol. The molecule has 2 bridgehead atoms. The van der Waals surface area contributed by atoms with Gasteiger partial charge < -0.3 is 104 Å². The van der Waals surface area contributed by atoms with Crippen LogP contribution in [-0.4, -0.2) is 222 Å². The van der Waals surface area contributed by atoms with Crippen molar-refractivity contribution in [3.05, 3.63) is 12.2 Å². The molecule has 3 unspecified atom stereocenters. The number of aliphatic hydroxyl groups is 12. The Morgan fingerprint density at radius 2 is 1.09 bits per heavy atom. The Morgan fingerprint density at radius 1 is 0.520 bits per heavy atom. The van der Waals surface area contributed by atoms with Crippen LogP contribution in [0.25, 0.3) is 0 Å². The van der Waals surface area contributed by atoms with E-state index in [0.29, 0.717) is 18.8 Å². The lowest BCUT2D eigenvalue weighted by atomic mass is 9.32. The second kappa shape index (κ2) is 20.1. The van der Waals surface area contributed by atoms with Gasteiger partial charge in [-0.3, -0.25) is 0 Å². The molecule has 5 aliphatic carbocycles. The molecule has 4 saturated carbocycles. The van der Waals surface area contributed by atoms with E-state index in [1.165, 1.54) is 19.8 Å². The van der Waals surface area contributed by atoms with E-state index in [-0.39, 0.29) is 51.1 Å². The number of hydrogen-bond donors (Lipinski definition) is 12. The Hall–Kier alpha value is -1.10. The molecule has 5 saturated heterocycles. The number of aliphatic hydroxyl groups excluding tert-OH is 12. The fourth-order valence-electron chi connectivity index (χ4n) is 17.1. The van der Waals surface area contributed by atoms with Gasteiger partial charge in [0.2, 0.25) is 0 Å². The van der Waals surface area contributed by atoms with Gasteiger partial charge in [-0.25, -0.2) is 0 Å². The molecule has 10 aliphatic rings. The molecule has 5 heterocycles. The van der Waals surface area contributed by atoms with Gasteiger partial charge in [0.05, 0.1) is 50.3 Å². The highest BCUT2D eigenvalue weighted by Gasteiger charge is 2.77. The first-order valence-electron chi connectivity index (χ1n) is 27.7. The Balaban J connectivity index is 0.932. The summed E-state index contributed by atoms with van der Waals surface area (Å²) in [6.45, 7) is 16.1. The molecule has 9 fully saturated rings. The molecule has 5 aliphatic heterocycles. The van der Waals surface area contributed by atoms with Gasteiger partial charge in [0.1, 0.15) is 85.5 Å². The molecule has 30 atom stereocenters. The zero-order chi connectivity index (χ0) is 54.3. The summed E-state index contributed by atoms with van der Waals surface area (Å²) < 4.78 is 56.6. The lowest BCUT2D eigenvalue weighted by molar-refractivity contribution is -0.403. The van der Waals surface area contributed by atoms with Crippen LogP contribution in [0.4, 0.5) is 0 Å². The Bertz CT molecular complexity index is 2070. The largest absolute Gasteiger partial charge is 0.396 e. The van der Waals surface area contributed by atoms with E-state index in [0.717, 1.165) is 38.7 Å². The van der Waals surface area contributed by atoms with Gasteiger partial charge >= 0.3 is 0 Å². The molecule has 0 aromatic heterocycles. The highest BCUT2D eigenvalue weighted by Crippen LogP contribution is 2.79. The summed E-state index contributed by atoms with van der Waals surface area (Å²) in [5.41, 5.74) is -1.37. The van der Waals surface area contributed by atoms with Crippen LogP contribution < -0.4 is 0 Å². The molecule has 430 valence electrons. The minimum absolute atomic E-state index is 0.0621. The maximum absolute atomic E-state index is 12.0. The van der Waals surface area contributed by atoms with Crippen LogP contribution >= 0.6 is 0 Å². The maximum Gasteiger partial charge on any atom is 0.187 e. The van der Waals surface area contributed by atoms with Crippen molar-refractivity contribution >= 4 is 0 Å². The zero-order valence-corrected chi connectivity index (χ0v) is 44.7. The second-order valence-corrected chi connectivity index (χ2v) is 26.5. The molecule has 0 aromatic rings. The van der Waals surface area contributed by atoms with Crippen molar-refractivity contribution in [2.75, 3.05) is 26.4 Å². The SMILES string of the molecule is C[C@@H]1O[C@@H](O[C@H]2[C@H](O)[C@@H](O)[C@H](O[C@H]3[C@H](O)[C@@H](C)O[C@@H](O[C@H]4CC[C@@]5(C)[C@@H](CC[C@]6(C)[C@@H]5C=CC57OCC8(CCC(C)(C)C[C@H]85)CC[C@]76C)[C@]4(C)CO)[C@@H]3O[C@@H]3O[C@@H](CO)C(O)[C@@H](O)[C@H]3O)O[C@@H]2CO)[C@H](O)[C@H](O)[C@H]1O. The molecule has 0 aromatic carbocycles. The quantitative estimate of drug-likeness (QED) is 0.0915. The van der Waals surface area contributed by atoms with Gasteiger partial charge in [0, 0.05) is 16.7 Å². The highest BCUT2D eigenvalue weighted by atomic mass is 16.8. The third kappa shape index (κ3) is 8.64. The van der Waals surface area contributed by atoms with Crippen molar-refractivity contribution in [3.8, 4) is 0 Å². The van der Waals surface area contributed by atoms with Gasteiger partial charge in [0.15, 0.2) is 25.2 Å². The van der Waals surface area contributed by atoms with Crippen LogP contribution in [-0.2, 0) is 42.6 Å². The zero-order valence-electron chi connectivity index (χ0n) is 44.7. The Morgan fingerprint density at radius 3 is 1.76 bits per heavy atom. The summed E-state index contributed by atoms with van der Waals surface area (Å²) in [5.74, 6) is 0.524. The molecule has 0 amide bonds. The van der Waals surface area contributed by atoms with E-state index in [4.69, 9.17) is 42.6 Å². The van der Waals surface area contributed by atoms with Crippen molar-refractivity contribution < 1.29 is 104 Å². The van der Waals surface area contributed by atoms with E-state index >= 15 is 0 Å². The summed E-state index contributed by atoms with van der Waals surface area (Å²) >= 11 is 0. The monoisotopic (exact) mass is 1070 g/mol. The average molecular weight is 1070 g/mol. The first-order chi connectivity index (χ1) is 35.2. The summed E-state index contributed by atoms with van der Waals surface area (Å²) in [4.78, 5) is 0. The summed E-state index contributed by atoms with van der Waals surface area (Å²) in [7, 11) is 0. The first kappa shape index (κ1) is 57.1. The van der Waals surface area contributed by atoms with Crippen molar-refractivity contribution in [3.63, 3.8) is 0 Å². The average Bonchev–Trinajstić information content (AvgIpc) is 3.63. The van der Waals surface area contributed by atoms with Crippen molar-refractivity contribution in [1.29, 1.82) is 0 Å². The maximum atomic E-state index is 12.0. The third-order valence-corrected chi connectivity index (χ3v) is 22.1. The molecule has 10 rings (SSSR count). The van der Waals surface area contributed by atoms with Gasteiger partial charge in [-0.2, -0.15) is 0 Å². The molecule has 75 heavy (non-hydrogen) atoms. The lowest BCUT2D eigenvalue weighted by Crippen LogP contribution is -2.71. The lowest BCUT2D eigenvalue weighted by Gasteiger charge is -2.73. The Labute approximate surface area is 439 Å². The van der Waals surface area contributed by atoms with Gasteiger partial charge in [-0.05, 0) is 105 Å². The topological polar surface area (TPSA) is 326 Å². The smallest absolute Gasteiger partial charge is 0.187 e. The summed E-state index contributed by atoms with van der Waals surface area (Å²) in [5, 5.41) is 132. The molecule has 21 nitrogen and oxygen atoms in total. The van der Waals surface area contributed by atoms with Gasteiger partial charge in [-0.15, -0.1) is 0 Å². The molecule has 21 heteroatoms. The number of hydrogen-bond acceptors (Lipinski definition) is 21. The van der Waals surface area contributed by atoms with Gasteiger partial charge in [-0.1, -0.05) is 53.7 Å². The first-order valence-corrected chi connectivity index (χ1v) is 27.7. The van der Waals surface area contributed by atoms with E-state index < -0.39 is 148 Å². The number of fused-ring (bicyclic) bond motifs is 4. The summed E-state index contributed by atoms with van der Waals surface area (Å²) in [6, 6.07) is 0. The molecule has 1 spiro atoms. The van der Waals surface area contributed by atoms with E-state index in [9.17, 15) is 61.3 Å². The fraction of sp³-hybridized carbons (Fsp3) is 0.963. The van der Waals surface area contributed by atoms with Crippen LogP contribution in [0.3, 0.4) is 0 Å². The van der Waals surface area contributed by atoms with Crippen LogP contribution in [0.5, 0.6) is 0 Å². The van der Waals surface area contributed by atoms with E-state index in [2.05, 4.69) is 46.8 Å². The van der Waals surface area contributed by atoms with Crippen LogP contribution in [0, 0.1) is 50.2 Å². The van der Waals surface area contributed by atoms with Crippen LogP contribution in [0.15, 0.2) is 12.2 Å². The van der Waals surface area contributed by atoms with Crippen molar-refractivity contribution in [2.45, 2.75) is 248 Å². The van der Waals surface area contributed by atoms with Crippen LogP contribution in [0.2, 0.25) is 0 Å². The predicted molar refractivity (Wildman–Crippen MR) is 259 cm³/mol. The highest BCUT2D eigenvalue weighted by molar-refractivity contribution is 5.35. The predicted octanol–water partition coefficient (Wildman–Crippen LogP) is -0.518. The van der Waals surface area contributed by atoms with Crippen molar-refractivity contribution in [2.24, 2.45) is 50.2 Å². The van der Waals surface area contributed by atoms with E-state index in [1.54, 1.807) is 6.92 Å². The van der Waals surface area contributed by atoms with E-state index in [1.807, 2.05) is 6.92 Å². The second-order valence-electron chi connectivity index (χ2n) is 26.5. The normalized spacial score (nSPS) is 58.3. The molecule has 0 radical (unpaired) electrons. The summed E-state index contributed by atoms with van der Waals surface area (Å²) in [6.07, 6.45) is -19.8. The minimum atomic E-state index is -1.99. The number of ether oxygens (including phenoxy) is 9. The fourth-order valence-corrected chi connectivity index (χ4v) is 17.1. The minimum Gasteiger partial charge on any atom is -0.396 e. The molecule has 12 N–H and O–H groups in total. The molecular formula is C54H88O21. The number of allylic oxidation sites excluding steroid dienone is 1. The standard InChI is InChI=1S/C54H88O21/c1-24-32(58)35(61)38(64)44(68-24)73-41-27(21-56)71-46(40(66)37(41)63)74-42-33(59)25(2)69-47(43(42)75-45-39(65)36(62)34(60)26(20-55)70-45)72-31-11-12-49(5)28(50(31,6)22-57)9-13-51(7)29(49)10-14-54-30-19-48(3,4)15-17-53(30,23-67-54)18-16-52(51,54)8/h10,14,24-47,55-66H,9,11-13,15-23H2,1-8H3/t24-,25+,26-,27+,28+,29+,30+,31-,32-,33+,34?,35+,36+,37+,38+,39+,40+,41+,42-,43+,44-,45-,46-,47-,49-,50-,51+,52-,53?,54?/m0/s1. The Kier molecular flexibility index (Phi) is 15.3. The van der Waals surface area contributed by atoms with Crippen LogP contribution in [0.1, 0.15) is 113 Å². The van der Waals surface area contributed by atoms with Crippen molar-refractivity contribution in [1.82, 2.24) is 0 Å². The third-order valence-electron chi connectivity index (χ3n) is 22.1.